The summed E-state index contributed by atoms with van der Waals surface area (Å²) in [5.74, 6) is -0.896. The molecule has 1 aliphatic rings. The molecule has 2 heterocycles. The fourth-order valence-corrected chi connectivity index (χ4v) is 2.57. The van der Waals surface area contributed by atoms with E-state index < -0.39 is 5.97 Å². The molecule has 0 atom stereocenters. The molecule has 0 spiro atoms. The van der Waals surface area contributed by atoms with Crippen molar-refractivity contribution in [2.75, 3.05) is 25.5 Å². The van der Waals surface area contributed by atoms with Gasteiger partial charge in [0.1, 0.15) is 5.00 Å². The van der Waals surface area contributed by atoms with Crippen molar-refractivity contribution in [3.05, 3.63) is 17.0 Å². The molecule has 1 aromatic heterocycles. The number of ether oxygens (including phenoxy) is 1. The van der Waals surface area contributed by atoms with Crippen LogP contribution in [0.2, 0.25) is 0 Å². The number of nitrogens with zero attached hydrogens (tertiary/aromatic N) is 1. The number of rotatable bonds is 3. The molecule has 102 valence electrons. The molecule has 2 rings (SSSR count). The predicted molar refractivity (Wildman–Crippen MR) is 70.0 cm³/mol. The molecule has 19 heavy (non-hydrogen) atoms. The Bertz CT molecular complexity index is 520. The summed E-state index contributed by atoms with van der Waals surface area (Å²) >= 11 is 1.27. The molecule has 1 N–H and O–H groups in total. The first-order valence-corrected chi connectivity index (χ1v) is 6.63. The fraction of sp³-hybridized carbons (Fsp3) is 0.417. The van der Waals surface area contributed by atoms with E-state index in [-0.39, 0.29) is 17.7 Å². The van der Waals surface area contributed by atoms with Gasteiger partial charge in [0.25, 0.3) is 0 Å². The number of hydrogen-bond donors (Lipinski definition) is 1. The van der Waals surface area contributed by atoms with E-state index in [1.165, 1.54) is 25.4 Å². The van der Waals surface area contributed by atoms with Gasteiger partial charge in [-0.15, -0.1) is 11.3 Å². The molecule has 1 aromatic rings. The van der Waals surface area contributed by atoms with Gasteiger partial charge in [0.2, 0.25) is 11.8 Å². The second-order valence-corrected chi connectivity index (χ2v) is 5.18. The molecule has 0 unspecified atom stereocenters. The zero-order chi connectivity index (χ0) is 14.0. The molecule has 1 saturated heterocycles. The molecule has 7 heteroatoms. The second-order valence-electron chi connectivity index (χ2n) is 4.27. The standard InChI is InChI=1S/C12H14N2O4S/c1-7(15)14-5-8(6-14)10(16)13-11-9(3-4-19-11)12(17)18-2/h3-4,8H,5-6H2,1-2H3,(H,13,16). The summed E-state index contributed by atoms with van der Waals surface area (Å²) in [6, 6.07) is 1.61. The summed E-state index contributed by atoms with van der Waals surface area (Å²) in [6.07, 6.45) is 0. The van der Waals surface area contributed by atoms with Gasteiger partial charge in [0.15, 0.2) is 0 Å². The van der Waals surface area contributed by atoms with Crippen LogP contribution in [0.25, 0.3) is 0 Å². The molecule has 0 aromatic carbocycles. The van der Waals surface area contributed by atoms with Gasteiger partial charge in [-0.1, -0.05) is 0 Å². The van der Waals surface area contributed by atoms with E-state index in [0.29, 0.717) is 23.7 Å². The minimum Gasteiger partial charge on any atom is -0.465 e. The molecule has 6 nitrogen and oxygen atoms in total. The molecule has 0 aliphatic carbocycles. The number of methoxy groups -OCH3 is 1. The van der Waals surface area contributed by atoms with Gasteiger partial charge in [-0.3, -0.25) is 9.59 Å². The topological polar surface area (TPSA) is 75.7 Å². The maximum absolute atomic E-state index is 11.9. The number of carbonyl (C=O) groups is 3. The lowest BCUT2D eigenvalue weighted by atomic mass is 9.99. The zero-order valence-corrected chi connectivity index (χ0v) is 11.5. The van der Waals surface area contributed by atoms with Crippen molar-refractivity contribution in [1.82, 2.24) is 4.90 Å². The van der Waals surface area contributed by atoms with Crippen LogP contribution in [0.3, 0.4) is 0 Å². The number of amides is 2. The van der Waals surface area contributed by atoms with E-state index in [9.17, 15) is 14.4 Å². The van der Waals surface area contributed by atoms with Crippen LogP contribution in [-0.4, -0.2) is 42.9 Å². The summed E-state index contributed by atoms with van der Waals surface area (Å²) in [7, 11) is 1.29. The molecule has 0 saturated carbocycles. The Kier molecular flexibility index (Phi) is 3.84. The molecule has 0 bridgehead atoms. The van der Waals surface area contributed by atoms with Crippen molar-refractivity contribution in [3.63, 3.8) is 0 Å². The summed E-state index contributed by atoms with van der Waals surface area (Å²) in [4.78, 5) is 36.0. The summed E-state index contributed by atoms with van der Waals surface area (Å²) in [5.41, 5.74) is 0.351. The summed E-state index contributed by atoms with van der Waals surface area (Å²) in [6.45, 7) is 2.34. The Hall–Kier alpha value is -1.89. The first-order valence-electron chi connectivity index (χ1n) is 5.75. The van der Waals surface area contributed by atoms with Crippen LogP contribution in [0.15, 0.2) is 11.4 Å². The Morgan fingerprint density at radius 1 is 1.42 bits per heavy atom. The fourth-order valence-electron chi connectivity index (χ4n) is 1.79. The van der Waals surface area contributed by atoms with E-state index in [1.54, 1.807) is 16.3 Å². The van der Waals surface area contributed by atoms with E-state index in [0.717, 1.165) is 0 Å². The molecule has 1 aliphatic heterocycles. The van der Waals surface area contributed by atoms with Crippen LogP contribution >= 0.6 is 11.3 Å². The van der Waals surface area contributed by atoms with E-state index >= 15 is 0 Å². The van der Waals surface area contributed by atoms with Crippen LogP contribution in [0.5, 0.6) is 0 Å². The lowest BCUT2D eigenvalue weighted by Crippen LogP contribution is -2.53. The highest BCUT2D eigenvalue weighted by Gasteiger charge is 2.34. The highest BCUT2D eigenvalue weighted by molar-refractivity contribution is 7.14. The summed E-state index contributed by atoms with van der Waals surface area (Å²) in [5, 5.41) is 4.91. The maximum atomic E-state index is 11.9. The van der Waals surface area contributed by atoms with E-state index in [1.807, 2.05) is 0 Å². The van der Waals surface area contributed by atoms with Gasteiger partial charge in [0.05, 0.1) is 18.6 Å². The van der Waals surface area contributed by atoms with Crippen molar-refractivity contribution in [2.24, 2.45) is 5.92 Å². The first kappa shape index (κ1) is 13.5. The zero-order valence-electron chi connectivity index (χ0n) is 10.6. The lowest BCUT2D eigenvalue weighted by molar-refractivity contribution is -0.139. The van der Waals surface area contributed by atoms with Gasteiger partial charge in [-0.05, 0) is 11.4 Å². The minimum atomic E-state index is -0.476. The van der Waals surface area contributed by atoms with Crippen molar-refractivity contribution in [2.45, 2.75) is 6.92 Å². The van der Waals surface area contributed by atoms with Gasteiger partial charge >= 0.3 is 5.97 Å². The number of hydrogen-bond acceptors (Lipinski definition) is 5. The van der Waals surface area contributed by atoms with E-state index in [2.05, 4.69) is 10.1 Å². The van der Waals surface area contributed by atoms with Gasteiger partial charge in [-0.2, -0.15) is 0 Å². The number of esters is 1. The van der Waals surface area contributed by atoms with Gasteiger partial charge in [-0.25, -0.2) is 4.79 Å². The summed E-state index contributed by atoms with van der Waals surface area (Å²) < 4.78 is 4.63. The molecular weight excluding hydrogens is 268 g/mol. The largest absolute Gasteiger partial charge is 0.465 e. The SMILES string of the molecule is COC(=O)c1ccsc1NC(=O)C1CN(C(C)=O)C1. The maximum Gasteiger partial charge on any atom is 0.340 e. The Morgan fingerprint density at radius 3 is 2.68 bits per heavy atom. The van der Waals surface area contributed by atoms with Crippen molar-refractivity contribution in [3.8, 4) is 0 Å². The highest BCUT2D eigenvalue weighted by atomic mass is 32.1. The Balaban J connectivity index is 1.95. The van der Waals surface area contributed by atoms with E-state index in [4.69, 9.17) is 0 Å². The lowest BCUT2D eigenvalue weighted by Gasteiger charge is -2.37. The number of likely N-dealkylation sites (tertiary alicyclic amines) is 1. The average Bonchev–Trinajstić information content (AvgIpc) is 2.73. The predicted octanol–water partition coefficient (Wildman–Crippen LogP) is 0.952. The van der Waals surface area contributed by atoms with Crippen LogP contribution in [-0.2, 0) is 14.3 Å². The third kappa shape index (κ3) is 2.76. The van der Waals surface area contributed by atoms with Crippen molar-refractivity contribution in [1.29, 1.82) is 0 Å². The quantitative estimate of drug-likeness (QED) is 0.838. The molecule has 2 amide bonds. The van der Waals surface area contributed by atoms with Gasteiger partial charge < -0.3 is 15.0 Å². The van der Waals surface area contributed by atoms with Crippen molar-refractivity contribution >= 4 is 34.1 Å². The van der Waals surface area contributed by atoms with Crippen LogP contribution < -0.4 is 5.32 Å². The highest BCUT2D eigenvalue weighted by Crippen LogP contribution is 2.26. The van der Waals surface area contributed by atoms with Crippen LogP contribution in [0.1, 0.15) is 17.3 Å². The number of carbonyl (C=O) groups excluding carboxylic acids is 3. The number of thiophene rings is 1. The smallest absolute Gasteiger partial charge is 0.340 e. The normalized spacial score (nSPS) is 14.7. The third-order valence-corrected chi connectivity index (χ3v) is 3.83. The minimum absolute atomic E-state index is 0.0320. The monoisotopic (exact) mass is 282 g/mol. The third-order valence-electron chi connectivity index (χ3n) is 3.00. The number of anilines is 1. The second kappa shape index (κ2) is 5.40. The molecule has 1 fully saturated rings. The first-order chi connectivity index (χ1) is 9.02. The van der Waals surface area contributed by atoms with Gasteiger partial charge in [0, 0.05) is 20.0 Å². The Labute approximate surface area is 114 Å². The molecular formula is C12H14N2O4S. The Morgan fingerprint density at radius 2 is 2.11 bits per heavy atom. The van der Waals surface area contributed by atoms with Crippen LogP contribution in [0.4, 0.5) is 5.00 Å². The van der Waals surface area contributed by atoms with Crippen LogP contribution in [0, 0.1) is 5.92 Å². The molecule has 0 radical (unpaired) electrons. The number of nitrogens with one attached hydrogen (secondary N) is 1. The van der Waals surface area contributed by atoms with Crippen molar-refractivity contribution < 1.29 is 19.1 Å². The average molecular weight is 282 g/mol.